The van der Waals surface area contributed by atoms with E-state index in [1.165, 1.54) is 17.7 Å². The van der Waals surface area contributed by atoms with E-state index in [-0.39, 0.29) is 0 Å². The summed E-state index contributed by atoms with van der Waals surface area (Å²) in [6, 6.07) is 10.9. The van der Waals surface area contributed by atoms with Crippen LogP contribution in [-0.2, 0) is 18.9 Å². The Labute approximate surface area is 122 Å². The predicted octanol–water partition coefficient (Wildman–Crippen LogP) is 2.66. The molecule has 19 heavy (non-hydrogen) atoms. The van der Waals surface area contributed by atoms with Crippen molar-refractivity contribution in [2.24, 2.45) is 7.05 Å². The highest BCUT2D eigenvalue weighted by Crippen LogP contribution is 2.34. The quantitative estimate of drug-likeness (QED) is 0.939. The number of hydrogen-bond donors (Lipinski definition) is 1. The lowest BCUT2D eigenvalue weighted by Crippen LogP contribution is -2.57. The van der Waals surface area contributed by atoms with Crippen molar-refractivity contribution in [3.05, 3.63) is 52.3 Å². The number of rotatable bonds is 4. The van der Waals surface area contributed by atoms with E-state index in [4.69, 9.17) is 0 Å². The first-order valence-corrected chi connectivity index (χ1v) is 7.43. The van der Waals surface area contributed by atoms with E-state index in [1.807, 2.05) is 17.9 Å². The fourth-order valence-electron chi connectivity index (χ4n) is 2.77. The third kappa shape index (κ3) is 2.47. The molecule has 2 aromatic rings. The molecule has 0 radical (unpaired) electrons. The van der Waals surface area contributed by atoms with Crippen molar-refractivity contribution < 1.29 is 0 Å². The molecule has 1 aliphatic heterocycles. The molecule has 0 saturated carbocycles. The zero-order valence-electron chi connectivity index (χ0n) is 11.1. The van der Waals surface area contributed by atoms with Gasteiger partial charge in [0.2, 0.25) is 0 Å². The highest BCUT2D eigenvalue weighted by Gasteiger charge is 2.38. The summed E-state index contributed by atoms with van der Waals surface area (Å²) in [5.41, 5.74) is 3.05. The molecule has 1 fully saturated rings. The van der Waals surface area contributed by atoms with Gasteiger partial charge in [0.15, 0.2) is 0 Å². The molecule has 0 unspecified atom stereocenters. The first kappa shape index (κ1) is 12.9. The topological polar surface area (TPSA) is 29.9 Å². The number of aryl methyl sites for hydroxylation is 2. The van der Waals surface area contributed by atoms with Crippen LogP contribution in [0.3, 0.4) is 0 Å². The Hall–Kier alpha value is -1.13. The largest absolute Gasteiger partial charge is 0.315 e. The lowest BCUT2D eigenvalue weighted by atomic mass is 9.71. The van der Waals surface area contributed by atoms with Crippen LogP contribution in [0.2, 0.25) is 0 Å². The highest BCUT2D eigenvalue weighted by atomic mass is 79.9. The maximum Gasteiger partial charge on any atom is 0.0492 e. The molecule has 3 rings (SSSR count). The number of hydrogen-bond acceptors (Lipinski definition) is 2. The van der Waals surface area contributed by atoms with Gasteiger partial charge in [0.05, 0.1) is 0 Å². The van der Waals surface area contributed by atoms with Gasteiger partial charge in [0.25, 0.3) is 0 Å². The molecule has 1 aromatic carbocycles. The standard InChI is InChI=1S/C15H18BrN3/c1-19-14(7-9-18-19)6-8-15(10-17-11-15)12-2-4-13(16)5-3-12/h2-5,7,9,17H,6,8,10-11H2,1H3. The number of benzene rings is 1. The van der Waals surface area contributed by atoms with Crippen LogP contribution < -0.4 is 5.32 Å². The smallest absolute Gasteiger partial charge is 0.0492 e. The van der Waals surface area contributed by atoms with E-state index in [1.54, 1.807) is 0 Å². The van der Waals surface area contributed by atoms with Crippen LogP contribution >= 0.6 is 15.9 Å². The number of aromatic nitrogens is 2. The van der Waals surface area contributed by atoms with Crippen molar-refractivity contribution >= 4 is 15.9 Å². The molecule has 2 heterocycles. The Kier molecular flexibility index (Phi) is 3.46. The van der Waals surface area contributed by atoms with Crippen LogP contribution in [0, 0.1) is 0 Å². The van der Waals surface area contributed by atoms with Gasteiger partial charge in [0.1, 0.15) is 0 Å². The molecule has 1 N–H and O–H groups in total. The van der Waals surface area contributed by atoms with E-state index >= 15 is 0 Å². The normalized spacial score (nSPS) is 17.2. The molecule has 0 aliphatic carbocycles. The van der Waals surface area contributed by atoms with Crippen LogP contribution in [-0.4, -0.2) is 22.9 Å². The van der Waals surface area contributed by atoms with E-state index in [0.29, 0.717) is 5.41 Å². The molecule has 1 aromatic heterocycles. The monoisotopic (exact) mass is 319 g/mol. The van der Waals surface area contributed by atoms with E-state index in [9.17, 15) is 0 Å². The van der Waals surface area contributed by atoms with E-state index < -0.39 is 0 Å². The summed E-state index contributed by atoms with van der Waals surface area (Å²) in [7, 11) is 2.01. The van der Waals surface area contributed by atoms with Gasteiger partial charge >= 0.3 is 0 Å². The Morgan fingerprint density at radius 3 is 2.53 bits per heavy atom. The Balaban J connectivity index is 1.76. The lowest BCUT2D eigenvalue weighted by molar-refractivity contribution is 0.256. The first-order chi connectivity index (χ1) is 9.20. The number of nitrogens with one attached hydrogen (secondary N) is 1. The first-order valence-electron chi connectivity index (χ1n) is 6.63. The molecule has 4 heteroatoms. The summed E-state index contributed by atoms with van der Waals surface area (Å²) in [6.07, 6.45) is 4.12. The molecule has 0 atom stereocenters. The second kappa shape index (κ2) is 5.10. The summed E-state index contributed by atoms with van der Waals surface area (Å²) in [5.74, 6) is 0. The fraction of sp³-hybridized carbons (Fsp3) is 0.400. The van der Waals surface area contributed by atoms with Gasteiger partial charge in [-0.15, -0.1) is 0 Å². The van der Waals surface area contributed by atoms with Crippen LogP contribution in [0.25, 0.3) is 0 Å². The average Bonchev–Trinajstić information content (AvgIpc) is 2.76. The van der Waals surface area contributed by atoms with Gasteiger partial charge in [-0.3, -0.25) is 4.68 Å². The molecule has 0 bridgehead atoms. The Morgan fingerprint density at radius 1 is 1.26 bits per heavy atom. The van der Waals surface area contributed by atoms with Gasteiger partial charge in [-0.2, -0.15) is 5.10 Å². The van der Waals surface area contributed by atoms with Gasteiger partial charge in [-0.25, -0.2) is 0 Å². The van der Waals surface area contributed by atoms with Crippen LogP contribution in [0.1, 0.15) is 17.7 Å². The van der Waals surface area contributed by atoms with Crippen LogP contribution in [0.5, 0.6) is 0 Å². The summed E-state index contributed by atoms with van der Waals surface area (Å²) < 4.78 is 3.12. The second-order valence-corrected chi connectivity index (χ2v) is 6.25. The van der Waals surface area contributed by atoms with E-state index in [2.05, 4.69) is 56.7 Å². The SMILES string of the molecule is Cn1nccc1CCC1(c2ccc(Br)cc2)CNC1. The molecule has 0 amide bonds. The maximum atomic E-state index is 4.24. The minimum Gasteiger partial charge on any atom is -0.315 e. The summed E-state index contributed by atoms with van der Waals surface area (Å²) in [5, 5.41) is 7.67. The van der Waals surface area contributed by atoms with Gasteiger partial charge in [-0.1, -0.05) is 28.1 Å². The van der Waals surface area contributed by atoms with Gasteiger partial charge in [-0.05, 0) is 36.6 Å². The fourth-order valence-corrected chi connectivity index (χ4v) is 3.03. The molecular formula is C15H18BrN3. The highest BCUT2D eigenvalue weighted by molar-refractivity contribution is 9.10. The van der Waals surface area contributed by atoms with Crippen molar-refractivity contribution in [2.45, 2.75) is 18.3 Å². The van der Waals surface area contributed by atoms with Crippen molar-refractivity contribution in [3.63, 3.8) is 0 Å². The third-order valence-electron chi connectivity index (χ3n) is 4.17. The predicted molar refractivity (Wildman–Crippen MR) is 80.2 cm³/mol. The molecule has 1 aliphatic rings. The average molecular weight is 320 g/mol. The summed E-state index contributed by atoms with van der Waals surface area (Å²) in [4.78, 5) is 0. The molecule has 0 spiro atoms. The zero-order chi connectivity index (χ0) is 13.3. The maximum absolute atomic E-state index is 4.24. The number of halogens is 1. The van der Waals surface area contributed by atoms with Gasteiger partial charge < -0.3 is 5.32 Å². The Bertz CT molecular complexity index is 555. The third-order valence-corrected chi connectivity index (χ3v) is 4.69. The Morgan fingerprint density at radius 2 is 2.00 bits per heavy atom. The van der Waals surface area contributed by atoms with Crippen molar-refractivity contribution in [1.82, 2.24) is 15.1 Å². The minimum absolute atomic E-state index is 0.297. The zero-order valence-corrected chi connectivity index (χ0v) is 12.7. The van der Waals surface area contributed by atoms with Crippen molar-refractivity contribution in [2.75, 3.05) is 13.1 Å². The molecular weight excluding hydrogens is 302 g/mol. The lowest BCUT2D eigenvalue weighted by Gasteiger charge is -2.43. The van der Waals surface area contributed by atoms with Crippen molar-refractivity contribution in [1.29, 1.82) is 0 Å². The van der Waals surface area contributed by atoms with Crippen molar-refractivity contribution in [3.8, 4) is 0 Å². The van der Waals surface area contributed by atoms with Gasteiger partial charge in [0, 0.05) is 41.9 Å². The second-order valence-electron chi connectivity index (χ2n) is 5.34. The summed E-state index contributed by atoms with van der Waals surface area (Å²) >= 11 is 3.50. The molecule has 100 valence electrons. The van der Waals surface area contributed by atoms with Crippen LogP contribution in [0.15, 0.2) is 41.0 Å². The molecule has 3 nitrogen and oxygen atoms in total. The van der Waals surface area contributed by atoms with Crippen LogP contribution in [0.4, 0.5) is 0 Å². The summed E-state index contributed by atoms with van der Waals surface area (Å²) in [6.45, 7) is 2.15. The molecule has 1 saturated heterocycles. The number of nitrogens with zero attached hydrogens (tertiary/aromatic N) is 2. The minimum atomic E-state index is 0.297. The van der Waals surface area contributed by atoms with E-state index in [0.717, 1.165) is 24.0 Å².